The molecule has 0 bridgehead atoms. The van der Waals surface area contributed by atoms with E-state index in [1.807, 2.05) is 22.9 Å². The Morgan fingerprint density at radius 2 is 2.38 bits per heavy atom. The van der Waals surface area contributed by atoms with E-state index in [0.29, 0.717) is 16.7 Å². The maximum atomic E-state index is 11.7. The molecule has 0 radical (unpaired) electrons. The van der Waals surface area contributed by atoms with Gasteiger partial charge in [0.05, 0.1) is 12.1 Å². The Bertz CT molecular complexity index is 484. The summed E-state index contributed by atoms with van der Waals surface area (Å²) in [6.45, 7) is 0. The zero-order valence-electron chi connectivity index (χ0n) is 8.31. The highest BCUT2D eigenvalue weighted by atomic mass is 79.9. The van der Waals surface area contributed by atoms with Gasteiger partial charge in [-0.1, -0.05) is 0 Å². The molecule has 0 spiro atoms. The van der Waals surface area contributed by atoms with E-state index in [0.717, 1.165) is 5.56 Å². The SMILES string of the molecule is O=C(Cc1ccsc1)Nc1cccnc1Br. The predicted molar refractivity (Wildman–Crippen MR) is 68.6 cm³/mol. The van der Waals surface area contributed by atoms with Crippen LogP contribution in [0.4, 0.5) is 5.69 Å². The molecule has 0 fully saturated rings. The summed E-state index contributed by atoms with van der Waals surface area (Å²) in [6.07, 6.45) is 2.06. The minimum Gasteiger partial charge on any atom is -0.323 e. The molecule has 1 N–H and O–H groups in total. The van der Waals surface area contributed by atoms with Gasteiger partial charge >= 0.3 is 0 Å². The van der Waals surface area contributed by atoms with Crippen LogP contribution in [0.15, 0.2) is 39.8 Å². The summed E-state index contributed by atoms with van der Waals surface area (Å²) in [5.74, 6) is -0.0351. The van der Waals surface area contributed by atoms with Gasteiger partial charge in [0, 0.05) is 6.20 Å². The molecule has 0 aliphatic carbocycles. The predicted octanol–water partition coefficient (Wildman–Crippen LogP) is 3.09. The maximum Gasteiger partial charge on any atom is 0.228 e. The number of anilines is 1. The lowest BCUT2D eigenvalue weighted by molar-refractivity contribution is -0.115. The van der Waals surface area contributed by atoms with Crippen molar-refractivity contribution in [2.75, 3.05) is 5.32 Å². The van der Waals surface area contributed by atoms with E-state index in [9.17, 15) is 4.79 Å². The Balaban J connectivity index is 2.00. The fraction of sp³-hybridized carbons (Fsp3) is 0.0909. The van der Waals surface area contributed by atoms with Crippen molar-refractivity contribution >= 4 is 38.9 Å². The first-order chi connectivity index (χ1) is 7.75. The van der Waals surface area contributed by atoms with Crippen LogP contribution in [0.3, 0.4) is 0 Å². The number of amides is 1. The Morgan fingerprint density at radius 1 is 1.50 bits per heavy atom. The third kappa shape index (κ3) is 2.90. The van der Waals surface area contributed by atoms with Crippen LogP contribution in [0, 0.1) is 0 Å². The number of rotatable bonds is 3. The van der Waals surface area contributed by atoms with Gasteiger partial charge in [0.2, 0.25) is 5.91 Å². The summed E-state index contributed by atoms with van der Waals surface area (Å²) in [5.41, 5.74) is 1.73. The van der Waals surface area contributed by atoms with Gasteiger partial charge in [-0.05, 0) is 50.5 Å². The van der Waals surface area contributed by atoms with Crippen molar-refractivity contribution in [3.63, 3.8) is 0 Å². The first kappa shape index (κ1) is 11.3. The third-order valence-corrected chi connectivity index (χ3v) is 3.34. The van der Waals surface area contributed by atoms with Crippen LogP contribution in [-0.2, 0) is 11.2 Å². The molecule has 16 heavy (non-hydrogen) atoms. The number of pyridine rings is 1. The Hall–Kier alpha value is -1.20. The largest absolute Gasteiger partial charge is 0.323 e. The quantitative estimate of drug-likeness (QED) is 0.885. The molecular weight excluding hydrogens is 288 g/mol. The van der Waals surface area contributed by atoms with Crippen LogP contribution in [-0.4, -0.2) is 10.9 Å². The summed E-state index contributed by atoms with van der Waals surface area (Å²) in [4.78, 5) is 15.7. The standard InChI is InChI=1S/C11H9BrN2OS/c12-11-9(2-1-4-13-11)14-10(15)6-8-3-5-16-7-8/h1-5,7H,6H2,(H,14,15). The van der Waals surface area contributed by atoms with Crippen LogP contribution >= 0.6 is 27.3 Å². The number of hydrogen-bond acceptors (Lipinski definition) is 3. The van der Waals surface area contributed by atoms with Gasteiger partial charge in [-0.15, -0.1) is 0 Å². The molecule has 0 unspecified atom stereocenters. The Morgan fingerprint density at radius 3 is 3.06 bits per heavy atom. The molecule has 1 amide bonds. The second-order valence-corrected chi connectivity index (χ2v) is 4.73. The number of carbonyl (C=O) groups excluding carboxylic acids is 1. The Labute approximate surface area is 106 Å². The fourth-order valence-corrected chi connectivity index (χ4v) is 2.27. The fourth-order valence-electron chi connectivity index (χ4n) is 1.25. The highest BCUT2D eigenvalue weighted by molar-refractivity contribution is 9.10. The van der Waals surface area contributed by atoms with E-state index < -0.39 is 0 Å². The highest BCUT2D eigenvalue weighted by Gasteiger charge is 2.06. The van der Waals surface area contributed by atoms with Crippen LogP contribution in [0.5, 0.6) is 0 Å². The van der Waals surface area contributed by atoms with E-state index in [1.54, 1.807) is 23.6 Å². The van der Waals surface area contributed by atoms with E-state index in [4.69, 9.17) is 0 Å². The topological polar surface area (TPSA) is 42.0 Å². The smallest absolute Gasteiger partial charge is 0.228 e. The summed E-state index contributed by atoms with van der Waals surface area (Å²) in [7, 11) is 0. The number of halogens is 1. The first-order valence-corrected chi connectivity index (χ1v) is 6.41. The van der Waals surface area contributed by atoms with Gasteiger partial charge in [0.25, 0.3) is 0 Å². The van der Waals surface area contributed by atoms with Crippen molar-refractivity contribution in [1.29, 1.82) is 0 Å². The molecule has 3 nitrogen and oxygen atoms in total. The molecule has 0 aromatic carbocycles. The lowest BCUT2D eigenvalue weighted by Crippen LogP contribution is -2.14. The van der Waals surface area contributed by atoms with E-state index in [2.05, 4.69) is 26.2 Å². The first-order valence-electron chi connectivity index (χ1n) is 4.67. The van der Waals surface area contributed by atoms with Crippen molar-refractivity contribution < 1.29 is 4.79 Å². The molecule has 0 aliphatic heterocycles. The number of hydrogen-bond donors (Lipinski definition) is 1. The summed E-state index contributed by atoms with van der Waals surface area (Å²) in [5, 5.41) is 6.74. The van der Waals surface area contributed by atoms with Crippen molar-refractivity contribution in [2.45, 2.75) is 6.42 Å². The molecule has 0 saturated heterocycles. The zero-order chi connectivity index (χ0) is 11.4. The lowest BCUT2D eigenvalue weighted by Gasteiger charge is -2.05. The van der Waals surface area contributed by atoms with Crippen LogP contribution < -0.4 is 5.32 Å². The van der Waals surface area contributed by atoms with Gasteiger partial charge in [0.1, 0.15) is 4.60 Å². The molecule has 2 heterocycles. The summed E-state index contributed by atoms with van der Waals surface area (Å²) >= 11 is 4.87. The molecule has 5 heteroatoms. The average Bonchev–Trinajstić information content (AvgIpc) is 2.74. The van der Waals surface area contributed by atoms with Crippen molar-refractivity contribution in [2.24, 2.45) is 0 Å². The van der Waals surface area contributed by atoms with E-state index >= 15 is 0 Å². The third-order valence-electron chi connectivity index (χ3n) is 1.98. The van der Waals surface area contributed by atoms with Crippen LogP contribution in [0.25, 0.3) is 0 Å². The minimum atomic E-state index is -0.0351. The molecule has 2 aromatic heterocycles. The highest BCUT2D eigenvalue weighted by Crippen LogP contribution is 2.18. The van der Waals surface area contributed by atoms with E-state index in [-0.39, 0.29) is 5.91 Å². The number of carbonyl (C=O) groups is 1. The maximum absolute atomic E-state index is 11.7. The molecule has 2 rings (SSSR count). The number of nitrogens with one attached hydrogen (secondary N) is 1. The normalized spacial score (nSPS) is 10.1. The number of nitrogens with zero attached hydrogens (tertiary/aromatic N) is 1. The van der Waals surface area contributed by atoms with Crippen LogP contribution in [0.2, 0.25) is 0 Å². The van der Waals surface area contributed by atoms with Gasteiger partial charge < -0.3 is 5.32 Å². The molecular formula is C11H9BrN2OS. The van der Waals surface area contributed by atoms with Gasteiger partial charge in [0.15, 0.2) is 0 Å². The van der Waals surface area contributed by atoms with Crippen molar-refractivity contribution in [1.82, 2.24) is 4.98 Å². The van der Waals surface area contributed by atoms with Crippen molar-refractivity contribution in [3.05, 3.63) is 45.3 Å². The molecule has 0 saturated carbocycles. The molecule has 0 aliphatic rings. The Kier molecular flexibility index (Phi) is 3.69. The molecule has 2 aromatic rings. The average molecular weight is 297 g/mol. The molecule has 82 valence electrons. The zero-order valence-corrected chi connectivity index (χ0v) is 10.7. The monoisotopic (exact) mass is 296 g/mol. The van der Waals surface area contributed by atoms with E-state index in [1.165, 1.54) is 0 Å². The van der Waals surface area contributed by atoms with Gasteiger partial charge in [-0.25, -0.2) is 4.98 Å². The summed E-state index contributed by atoms with van der Waals surface area (Å²) < 4.78 is 0.647. The molecule has 0 atom stereocenters. The second-order valence-electron chi connectivity index (χ2n) is 3.20. The van der Waals surface area contributed by atoms with Crippen LogP contribution in [0.1, 0.15) is 5.56 Å². The lowest BCUT2D eigenvalue weighted by atomic mass is 10.2. The summed E-state index contributed by atoms with van der Waals surface area (Å²) in [6, 6.07) is 5.54. The van der Waals surface area contributed by atoms with Gasteiger partial charge in [-0.3, -0.25) is 4.79 Å². The minimum absolute atomic E-state index is 0.0351. The van der Waals surface area contributed by atoms with Gasteiger partial charge in [-0.2, -0.15) is 11.3 Å². The van der Waals surface area contributed by atoms with Crippen molar-refractivity contribution in [3.8, 4) is 0 Å². The second kappa shape index (κ2) is 5.23. The number of thiophene rings is 1. The number of aromatic nitrogens is 1.